The summed E-state index contributed by atoms with van der Waals surface area (Å²) in [6, 6.07) is 7.94. The Morgan fingerprint density at radius 2 is 2.00 bits per heavy atom. The summed E-state index contributed by atoms with van der Waals surface area (Å²) in [5.74, 6) is -2.68. The summed E-state index contributed by atoms with van der Waals surface area (Å²) < 4.78 is 5.02. The standard InChI is InChI=1S/C27H28N4O7/c1-3-10-38-27(37)30-20-11-17(4-5-18(20)12-22(33)29-14-16-6-8-28-9-7-16)19-13-21-23(15(2)32)25(34)31(21)24(19)26(35)36/h3-9,11,15,21,23,32H,1,10,12-14H2,2H3,(H,29,33)(H,30,37)(H,35,36)/t15-,21-,23-/m1/s1. The first-order valence-electron chi connectivity index (χ1n) is 12.0. The van der Waals surface area contributed by atoms with E-state index in [0.29, 0.717) is 23.2 Å². The molecule has 3 amide bonds. The van der Waals surface area contributed by atoms with E-state index in [2.05, 4.69) is 22.2 Å². The molecule has 2 aliphatic heterocycles. The van der Waals surface area contributed by atoms with Gasteiger partial charge in [-0.25, -0.2) is 9.59 Å². The third-order valence-corrected chi connectivity index (χ3v) is 6.55. The number of ether oxygens (including phenoxy) is 1. The molecule has 0 unspecified atom stereocenters. The minimum absolute atomic E-state index is 0.0267. The number of β-lactam (4-membered cyclic amide) rings is 1. The lowest BCUT2D eigenvalue weighted by atomic mass is 9.82. The second-order valence-corrected chi connectivity index (χ2v) is 9.07. The number of hydrogen-bond acceptors (Lipinski definition) is 7. The van der Waals surface area contributed by atoms with Crippen molar-refractivity contribution in [2.75, 3.05) is 11.9 Å². The Morgan fingerprint density at radius 3 is 2.66 bits per heavy atom. The van der Waals surface area contributed by atoms with E-state index < -0.39 is 36.0 Å². The van der Waals surface area contributed by atoms with Crippen molar-refractivity contribution in [3.05, 3.63) is 77.8 Å². The first-order chi connectivity index (χ1) is 18.2. The van der Waals surface area contributed by atoms with Gasteiger partial charge in [-0.1, -0.05) is 24.8 Å². The van der Waals surface area contributed by atoms with Crippen LogP contribution in [0.5, 0.6) is 0 Å². The molecule has 0 radical (unpaired) electrons. The molecule has 4 rings (SSSR count). The number of aliphatic carboxylic acids is 1. The number of pyridine rings is 1. The van der Waals surface area contributed by atoms with Gasteiger partial charge < -0.3 is 25.2 Å². The Bertz CT molecular complexity index is 1310. The summed E-state index contributed by atoms with van der Waals surface area (Å²) in [6.45, 7) is 5.28. The summed E-state index contributed by atoms with van der Waals surface area (Å²) in [5, 5.41) is 25.3. The normalized spacial score (nSPS) is 18.8. The van der Waals surface area contributed by atoms with Gasteiger partial charge in [0.2, 0.25) is 11.8 Å². The average Bonchev–Trinajstić information content (AvgIpc) is 3.23. The van der Waals surface area contributed by atoms with Crippen molar-refractivity contribution in [2.24, 2.45) is 5.92 Å². The van der Waals surface area contributed by atoms with Gasteiger partial charge in [0.15, 0.2) is 0 Å². The highest BCUT2D eigenvalue weighted by Gasteiger charge is 2.56. The van der Waals surface area contributed by atoms with Crippen molar-refractivity contribution >= 4 is 35.1 Å². The topological polar surface area (TPSA) is 158 Å². The number of aromatic nitrogens is 1. The molecular formula is C27H28N4O7. The van der Waals surface area contributed by atoms with Crippen molar-refractivity contribution in [3.8, 4) is 0 Å². The molecule has 11 nitrogen and oxygen atoms in total. The fourth-order valence-corrected chi connectivity index (χ4v) is 4.78. The molecule has 4 N–H and O–H groups in total. The number of aliphatic hydroxyl groups excluding tert-OH is 1. The average molecular weight is 521 g/mol. The van der Waals surface area contributed by atoms with Gasteiger partial charge in [0, 0.05) is 24.6 Å². The molecule has 0 spiro atoms. The van der Waals surface area contributed by atoms with Gasteiger partial charge >= 0.3 is 12.1 Å². The molecular weight excluding hydrogens is 492 g/mol. The fraction of sp³-hybridized carbons (Fsp3) is 0.296. The summed E-state index contributed by atoms with van der Waals surface area (Å²) in [7, 11) is 0. The third kappa shape index (κ3) is 5.42. The van der Waals surface area contributed by atoms with Crippen LogP contribution in [0.15, 0.2) is 61.1 Å². The predicted octanol–water partition coefficient (Wildman–Crippen LogP) is 2.08. The maximum atomic E-state index is 12.7. The highest BCUT2D eigenvalue weighted by molar-refractivity contribution is 6.06. The minimum Gasteiger partial charge on any atom is -0.477 e. The molecule has 0 bridgehead atoms. The lowest BCUT2D eigenvalue weighted by molar-refractivity contribution is -0.161. The van der Waals surface area contributed by atoms with Gasteiger partial charge in [-0.2, -0.15) is 0 Å². The number of carboxylic acid groups (broad SMARTS) is 1. The number of nitrogens with one attached hydrogen (secondary N) is 2. The van der Waals surface area contributed by atoms with E-state index in [1.807, 2.05) is 0 Å². The number of benzene rings is 1. The molecule has 3 atom stereocenters. The number of carbonyl (C=O) groups is 4. The molecule has 0 saturated carbocycles. The first-order valence-corrected chi connectivity index (χ1v) is 12.0. The zero-order chi connectivity index (χ0) is 27.4. The van der Waals surface area contributed by atoms with Crippen molar-refractivity contribution < 1.29 is 34.1 Å². The highest BCUT2D eigenvalue weighted by atomic mass is 16.5. The van der Waals surface area contributed by atoms with Gasteiger partial charge in [0.25, 0.3) is 0 Å². The quantitative estimate of drug-likeness (QED) is 0.274. The molecule has 2 aliphatic rings. The molecule has 1 aromatic heterocycles. The zero-order valence-corrected chi connectivity index (χ0v) is 20.7. The fourth-order valence-electron chi connectivity index (χ4n) is 4.78. The number of amides is 3. The lowest BCUT2D eigenvalue weighted by Crippen LogP contribution is -2.61. The monoisotopic (exact) mass is 520 g/mol. The van der Waals surface area contributed by atoms with E-state index >= 15 is 0 Å². The zero-order valence-electron chi connectivity index (χ0n) is 20.7. The largest absolute Gasteiger partial charge is 0.477 e. The van der Waals surface area contributed by atoms with Crippen LogP contribution in [-0.4, -0.2) is 62.7 Å². The maximum absolute atomic E-state index is 12.7. The number of anilines is 1. The Labute approximate surface area is 218 Å². The summed E-state index contributed by atoms with van der Waals surface area (Å²) in [6.07, 6.45) is 3.14. The van der Waals surface area contributed by atoms with Crippen LogP contribution in [0.2, 0.25) is 0 Å². The SMILES string of the molecule is C=CCOC(=O)Nc1cc(C2=C(C(=O)O)N3C(=O)[C@H]([C@@H](C)O)[C@H]3C2)ccc1CC(=O)NCc1ccncc1. The summed E-state index contributed by atoms with van der Waals surface area (Å²) in [5.41, 5.74) is 2.33. The lowest BCUT2D eigenvalue weighted by Gasteiger charge is -2.44. The molecule has 11 heteroatoms. The van der Waals surface area contributed by atoms with Gasteiger partial charge in [-0.05, 0) is 53.8 Å². The number of carboxylic acids is 1. The Kier molecular flexibility index (Phi) is 7.87. The Morgan fingerprint density at radius 1 is 1.26 bits per heavy atom. The van der Waals surface area contributed by atoms with E-state index in [9.17, 15) is 29.4 Å². The first kappa shape index (κ1) is 26.6. The summed E-state index contributed by atoms with van der Waals surface area (Å²) >= 11 is 0. The van der Waals surface area contributed by atoms with Gasteiger partial charge in [0.05, 0.1) is 24.5 Å². The van der Waals surface area contributed by atoms with Gasteiger partial charge in [-0.15, -0.1) is 0 Å². The van der Waals surface area contributed by atoms with Crippen LogP contribution in [0, 0.1) is 5.92 Å². The molecule has 198 valence electrons. The third-order valence-electron chi connectivity index (χ3n) is 6.55. The van der Waals surface area contributed by atoms with Crippen LogP contribution in [0.25, 0.3) is 5.57 Å². The molecule has 38 heavy (non-hydrogen) atoms. The van der Waals surface area contributed by atoms with E-state index in [0.717, 1.165) is 5.56 Å². The van der Waals surface area contributed by atoms with Crippen LogP contribution in [0.1, 0.15) is 30.0 Å². The number of fused-ring (bicyclic) bond motifs is 1. The molecule has 1 fully saturated rings. The van der Waals surface area contributed by atoms with E-state index in [-0.39, 0.29) is 36.7 Å². The van der Waals surface area contributed by atoms with E-state index in [1.165, 1.54) is 17.9 Å². The number of aliphatic hydroxyl groups is 1. The molecule has 1 saturated heterocycles. The molecule has 2 aromatic rings. The van der Waals surface area contributed by atoms with Crippen molar-refractivity contribution in [1.29, 1.82) is 0 Å². The predicted molar refractivity (Wildman–Crippen MR) is 136 cm³/mol. The summed E-state index contributed by atoms with van der Waals surface area (Å²) in [4.78, 5) is 54.8. The number of nitrogens with zero attached hydrogens (tertiary/aromatic N) is 2. The van der Waals surface area contributed by atoms with Crippen molar-refractivity contribution in [2.45, 2.75) is 38.5 Å². The van der Waals surface area contributed by atoms with Crippen LogP contribution < -0.4 is 10.6 Å². The van der Waals surface area contributed by atoms with E-state index in [4.69, 9.17) is 4.74 Å². The Hall–Kier alpha value is -4.51. The van der Waals surface area contributed by atoms with Crippen LogP contribution >= 0.6 is 0 Å². The minimum atomic E-state index is -1.26. The smallest absolute Gasteiger partial charge is 0.411 e. The molecule has 1 aromatic carbocycles. The van der Waals surface area contributed by atoms with Crippen LogP contribution in [0.3, 0.4) is 0 Å². The second-order valence-electron chi connectivity index (χ2n) is 9.07. The Balaban J connectivity index is 1.61. The number of hydrogen-bond donors (Lipinski definition) is 4. The molecule has 0 aliphatic carbocycles. The van der Waals surface area contributed by atoms with Crippen LogP contribution in [0.4, 0.5) is 10.5 Å². The van der Waals surface area contributed by atoms with Crippen molar-refractivity contribution in [1.82, 2.24) is 15.2 Å². The second kappa shape index (κ2) is 11.3. The highest BCUT2D eigenvalue weighted by Crippen LogP contribution is 2.47. The van der Waals surface area contributed by atoms with Gasteiger partial charge in [-0.3, -0.25) is 19.9 Å². The van der Waals surface area contributed by atoms with Crippen LogP contribution in [-0.2, 0) is 32.1 Å². The maximum Gasteiger partial charge on any atom is 0.411 e. The van der Waals surface area contributed by atoms with Gasteiger partial charge in [0.1, 0.15) is 12.3 Å². The van der Waals surface area contributed by atoms with Crippen molar-refractivity contribution in [3.63, 3.8) is 0 Å². The van der Waals surface area contributed by atoms with E-state index in [1.54, 1.807) is 42.7 Å². The number of carbonyl (C=O) groups excluding carboxylic acids is 3. The number of rotatable bonds is 10. The molecule has 3 heterocycles.